The molecule has 0 aliphatic heterocycles. The molecule has 108 heavy (non-hydrogen) atoms. The maximum Gasteiger partial charge on any atom is 0.485 e. The number of rotatable bonds is 50. The fourth-order valence-electron chi connectivity index (χ4n) is 6.86. The van der Waals surface area contributed by atoms with Gasteiger partial charge in [-0.15, -0.1) is 0 Å². The highest BCUT2D eigenvalue weighted by molar-refractivity contribution is 8.12. The van der Waals surface area contributed by atoms with Crippen molar-refractivity contribution in [2.24, 2.45) is 10.8 Å². The zero-order valence-corrected chi connectivity index (χ0v) is 72.7. The van der Waals surface area contributed by atoms with Gasteiger partial charge in [0.15, 0.2) is 20.2 Å². The fraction of sp³-hybridized carbons (Fsp3) is 1.00. The van der Waals surface area contributed by atoms with E-state index >= 15 is 0 Å². The third-order valence-corrected chi connectivity index (χ3v) is 17.4. The molecule has 0 fully saturated rings. The van der Waals surface area contributed by atoms with Crippen LogP contribution >= 0.6 is 0 Å². The lowest BCUT2D eigenvalue weighted by Gasteiger charge is -2.32. The molecule has 0 heterocycles. The highest BCUT2D eigenvalue weighted by Crippen LogP contribution is 2.26. The van der Waals surface area contributed by atoms with Crippen molar-refractivity contribution in [2.75, 3.05) is 144 Å². The van der Waals surface area contributed by atoms with Gasteiger partial charge in [-0.05, 0) is 134 Å². The van der Waals surface area contributed by atoms with E-state index in [0.29, 0.717) is 191 Å². The Morgan fingerprint density at radius 1 is 0.306 bits per heavy atom. The first-order valence-corrected chi connectivity index (χ1v) is 45.3. The molecule has 12 atom stereocenters. The van der Waals surface area contributed by atoms with Gasteiger partial charge in [0.2, 0.25) is 0 Å². The van der Waals surface area contributed by atoms with Crippen LogP contribution in [0.2, 0.25) is 0 Å². The van der Waals surface area contributed by atoms with Gasteiger partial charge in [-0.25, -0.2) is 50.5 Å². The second-order valence-electron chi connectivity index (χ2n) is 28.2. The van der Waals surface area contributed by atoms with Gasteiger partial charge in [-0.2, -0.15) is 26.3 Å². The van der Waals surface area contributed by atoms with Crippen molar-refractivity contribution in [3.05, 3.63) is 8.25 Å². The Bertz CT molecular complexity index is 2510. The van der Waals surface area contributed by atoms with Crippen LogP contribution in [-0.2, 0) is 108 Å². The Kier molecular flexibility index (Phi) is 73.9. The van der Waals surface area contributed by atoms with E-state index in [4.69, 9.17) is 73.3 Å². The standard InChI is InChI=1S/2C15H35N3O3.2C12H28N2O2.2C2H6NO4S2.2CHF3O3S/c2*1-5-15(9-19-6-12(2)16,10-20-7-13(3)17)11-21-8-14(4)18;2*1-10(13)6-4-5-7-15-9-12(3)16-8-11(2)14;2*1-8(4,5)3-9(2,6)7;2*2-1(3,4)8(5,6)7/h2*12-14H,5-11,16-18H2,1-4H3;2*10-12H,4-9,13-14H2,1-3H3;2*1-2H3;2*(H,5,6,7)/q;;;;2*-1;;/p+8. The van der Waals surface area contributed by atoms with Crippen molar-refractivity contribution >= 4 is 60.3 Å². The lowest BCUT2D eigenvalue weighted by Crippen LogP contribution is -2.62. The van der Waals surface area contributed by atoms with Gasteiger partial charge in [-0.1, -0.05) is 13.8 Å². The fourth-order valence-corrected chi connectivity index (χ4v) is 10.8. The smallest absolute Gasteiger partial charge is 0.485 e. The van der Waals surface area contributed by atoms with Crippen molar-refractivity contribution in [3.8, 4) is 0 Å². The van der Waals surface area contributed by atoms with E-state index in [1.54, 1.807) is 0 Å². The molecule has 0 aromatic rings. The van der Waals surface area contributed by atoms with Crippen molar-refractivity contribution in [1.82, 2.24) is 0 Å². The first-order chi connectivity index (χ1) is 48.6. The van der Waals surface area contributed by atoms with Gasteiger partial charge in [0.25, 0.3) is 0 Å². The van der Waals surface area contributed by atoms with Crippen LogP contribution in [0.1, 0.15) is 148 Å². The molecule has 0 aromatic heterocycles. The Morgan fingerprint density at radius 2 is 0.481 bits per heavy atom. The summed E-state index contributed by atoms with van der Waals surface area (Å²) in [5.41, 5.74) is 27.9. The number of ether oxygens (including phenoxy) is 10. The van der Waals surface area contributed by atoms with Gasteiger partial charge < -0.3 is 122 Å². The predicted octanol–water partition coefficient (Wildman–Crippen LogP) is -5.01. The zero-order valence-electron chi connectivity index (χ0n) is 67.8. The average Bonchev–Trinajstić information content (AvgIpc) is 0.553. The third kappa shape index (κ3) is 102. The number of alkyl halides is 6. The Hall–Kier alpha value is -1.68. The lowest BCUT2D eigenvalue weighted by atomic mass is 9.88. The summed E-state index contributed by atoms with van der Waals surface area (Å²) in [5, 5.41) is 0. The van der Waals surface area contributed by atoms with Crippen LogP contribution in [0.5, 0.6) is 0 Å². The predicted molar refractivity (Wildman–Crippen MR) is 392 cm³/mol. The number of hydrogen-bond acceptors (Lipinski definition) is 24. The van der Waals surface area contributed by atoms with Crippen LogP contribution in [0.25, 0.3) is 8.25 Å². The minimum atomic E-state index is -6.09. The molecule has 30 N–H and O–H groups in total. The van der Waals surface area contributed by atoms with Gasteiger partial charge in [0.1, 0.15) is 48.3 Å². The molecule has 0 aliphatic rings. The molecule has 0 rings (SSSR count). The molecule has 0 saturated carbocycles. The molecule has 0 aromatic carbocycles. The van der Waals surface area contributed by atoms with Crippen LogP contribution in [0.3, 0.4) is 0 Å². The topological polar surface area (TPSA) is 648 Å². The monoisotopic (exact) mass is 1730 g/mol. The second-order valence-corrected chi connectivity index (χ2v) is 38.0. The zero-order chi connectivity index (χ0) is 86.8. The maximum atomic E-state index is 10.7. The number of unbranched alkanes of at least 4 members (excludes halogenated alkanes) is 2. The van der Waals surface area contributed by atoms with Crippen LogP contribution < -0.4 is 57.3 Å². The largest absolute Gasteiger partial charge is 0.741 e. The first-order valence-electron chi connectivity index (χ1n) is 35.1. The summed E-state index contributed by atoms with van der Waals surface area (Å²) in [6.07, 6.45) is 12.2. The van der Waals surface area contributed by atoms with Crippen molar-refractivity contribution in [2.45, 2.75) is 232 Å². The summed E-state index contributed by atoms with van der Waals surface area (Å²) in [6.45, 7) is 41.4. The second kappa shape index (κ2) is 65.5. The van der Waals surface area contributed by atoms with Crippen LogP contribution in [-0.4, -0.2) is 287 Å². The summed E-state index contributed by atoms with van der Waals surface area (Å²) in [7, 11) is -27.2. The van der Waals surface area contributed by atoms with E-state index in [2.05, 4.69) is 135 Å². The van der Waals surface area contributed by atoms with E-state index in [1.807, 2.05) is 27.7 Å². The molecule has 0 radical (unpaired) electrons. The number of hydrogen-bond donors (Lipinski definition) is 10. The van der Waals surface area contributed by atoms with E-state index in [-0.39, 0.29) is 23.0 Å². The SMILES string of the molecule is CC([NH3+])CCCCOCC(C)OCC(C)[NH3+].CC([NH3+])CCCCOCC(C)OCC(C)[NH3+].CCC(COCC(C)[NH3+])(COCC(C)[NH3+])COCC(C)[NH3+].CCC(COCC(C)[NH3+])(COCC(C)[NH3+])COCC(C)[NH3+].CS(=O)(=O)[N-]S(C)(=O)=O.CS(=O)(=O)[N-]S(C)(=O)=O.O=S(=O)([O-])C(F)(F)F.O=S(=O)([O-])C(F)(F)F. The Labute approximate surface area is 642 Å². The number of quaternary nitrogens is 10. The van der Waals surface area contributed by atoms with Gasteiger partial charge in [0.05, 0.1) is 170 Å². The van der Waals surface area contributed by atoms with Crippen LogP contribution in [0.15, 0.2) is 0 Å². The minimum Gasteiger partial charge on any atom is -0.741 e. The third-order valence-electron chi connectivity index (χ3n) is 12.0. The Balaban J connectivity index is -0.000000181. The highest BCUT2D eigenvalue weighted by atomic mass is 32.3. The molecule has 0 amide bonds. The summed E-state index contributed by atoms with van der Waals surface area (Å²) >= 11 is 0. The summed E-state index contributed by atoms with van der Waals surface area (Å²) < 4.78 is 261. The molecule has 0 bridgehead atoms. The molecule has 12 unspecified atom stereocenters. The first kappa shape index (κ1) is 122. The molecule has 0 saturated heterocycles. The minimum absolute atomic E-state index is 0.0985. The molecule has 48 heteroatoms. The number of sulfonamides is 4. The average molecular weight is 1730 g/mol. The van der Waals surface area contributed by atoms with Gasteiger partial charge >= 0.3 is 11.0 Å². The van der Waals surface area contributed by atoms with Gasteiger partial charge in [0, 0.05) is 49.1 Å². The van der Waals surface area contributed by atoms with E-state index in [0.717, 1.165) is 38.9 Å². The van der Waals surface area contributed by atoms with E-state index in [9.17, 15) is 60.0 Å². The maximum absolute atomic E-state index is 10.7. The Morgan fingerprint density at radius 3 is 0.602 bits per heavy atom. The quantitative estimate of drug-likeness (QED) is 0.0118. The molecule has 36 nitrogen and oxygen atoms in total. The van der Waals surface area contributed by atoms with Gasteiger partial charge in [-0.3, -0.25) is 0 Å². The van der Waals surface area contributed by atoms with Crippen molar-refractivity contribution < 1.29 is 191 Å². The number of nitrogens with zero attached hydrogens (tertiary/aromatic N) is 2. The molecular formula is C60H148F6N12O24S6+6. The van der Waals surface area contributed by atoms with Crippen LogP contribution in [0.4, 0.5) is 26.3 Å². The summed E-state index contributed by atoms with van der Waals surface area (Å²) in [5.74, 6) is 0. The van der Waals surface area contributed by atoms with Crippen molar-refractivity contribution in [1.29, 1.82) is 0 Å². The molecule has 664 valence electrons. The molecular weight excluding hydrogens is 1580 g/mol. The van der Waals surface area contributed by atoms with Crippen molar-refractivity contribution in [3.63, 3.8) is 0 Å². The van der Waals surface area contributed by atoms with E-state index < -0.39 is 71.3 Å². The van der Waals surface area contributed by atoms with Crippen LogP contribution in [0, 0.1) is 10.8 Å². The normalized spacial score (nSPS) is 16.8. The molecule has 0 spiro atoms. The highest BCUT2D eigenvalue weighted by Gasteiger charge is 2.38. The summed E-state index contributed by atoms with van der Waals surface area (Å²) in [4.78, 5) is 0. The summed E-state index contributed by atoms with van der Waals surface area (Å²) in [6, 6.07) is 3.57. The lowest BCUT2D eigenvalue weighted by molar-refractivity contribution is -0.425. The van der Waals surface area contributed by atoms with E-state index in [1.165, 1.54) is 25.7 Å². The number of halogens is 6. The molecule has 0 aliphatic carbocycles.